The van der Waals surface area contributed by atoms with Crippen LogP contribution in [0.4, 0.5) is 0 Å². The Bertz CT molecular complexity index is 570. The highest BCUT2D eigenvalue weighted by molar-refractivity contribution is 7.98. The summed E-state index contributed by atoms with van der Waals surface area (Å²) in [6.07, 6.45) is 0. The number of hydrogen-bond donors (Lipinski definition) is 0. The molecule has 2 aromatic rings. The molecule has 1 heterocycles. The zero-order valence-corrected chi connectivity index (χ0v) is 12.0. The highest BCUT2D eigenvalue weighted by Crippen LogP contribution is 2.25. The van der Waals surface area contributed by atoms with Gasteiger partial charge in [0.05, 0.1) is 12.9 Å². The van der Waals surface area contributed by atoms with Crippen molar-refractivity contribution in [2.45, 2.75) is 24.5 Å². The number of benzene rings is 1. The minimum Gasteiger partial charge on any atom is -0.463 e. The van der Waals surface area contributed by atoms with Crippen molar-refractivity contribution in [2.75, 3.05) is 7.11 Å². The van der Waals surface area contributed by atoms with Crippen LogP contribution in [0.5, 0.6) is 0 Å². The van der Waals surface area contributed by atoms with Gasteiger partial charge in [0.15, 0.2) is 0 Å². The van der Waals surface area contributed by atoms with E-state index < -0.39 is 5.97 Å². The minimum absolute atomic E-state index is 0.294. The quantitative estimate of drug-likeness (QED) is 0.625. The van der Waals surface area contributed by atoms with Crippen LogP contribution in [-0.4, -0.2) is 13.1 Å². The van der Waals surface area contributed by atoms with Gasteiger partial charge >= 0.3 is 5.97 Å². The second-order valence-electron chi connectivity index (χ2n) is 4.32. The first-order valence-corrected chi connectivity index (χ1v) is 6.96. The highest BCUT2D eigenvalue weighted by Gasteiger charge is 2.15. The van der Waals surface area contributed by atoms with E-state index in [-0.39, 0.29) is 0 Å². The first-order chi connectivity index (χ1) is 9.10. The summed E-state index contributed by atoms with van der Waals surface area (Å²) in [7, 11) is 1.35. The Kier molecular flexibility index (Phi) is 4.32. The van der Waals surface area contributed by atoms with Gasteiger partial charge in [-0.1, -0.05) is 17.7 Å². The third kappa shape index (κ3) is 3.41. The van der Waals surface area contributed by atoms with Gasteiger partial charge in [-0.05, 0) is 32.0 Å². The molecule has 4 heteroatoms. The first kappa shape index (κ1) is 13.7. The van der Waals surface area contributed by atoms with E-state index in [1.807, 2.05) is 13.0 Å². The number of esters is 1. The van der Waals surface area contributed by atoms with Crippen LogP contribution in [0.3, 0.4) is 0 Å². The van der Waals surface area contributed by atoms with Crippen molar-refractivity contribution in [3.05, 3.63) is 53.0 Å². The lowest BCUT2D eigenvalue weighted by Crippen LogP contribution is -2.00. The van der Waals surface area contributed by atoms with Gasteiger partial charge in [0.25, 0.3) is 0 Å². The lowest BCUT2D eigenvalue weighted by atomic mass is 10.2. The molecule has 1 aromatic carbocycles. The summed E-state index contributed by atoms with van der Waals surface area (Å²) in [5, 5.41) is 0. The summed E-state index contributed by atoms with van der Waals surface area (Å²) in [6, 6.07) is 10.2. The second kappa shape index (κ2) is 5.97. The van der Waals surface area contributed by atoms with E-state index in [0.717, 1.165) is 11.3 Å². The molecule has 0 aliphatic carbocycles. The van der Waals surface area contributed by atoms with E-state index in [9.17, 15) is 4.79 Å². The average Bonchev–Trinajstić information content (AvgIpc) is 2.78. The van der Waals surface area contributed by atoms with Crippen molar-refractivity contribution in [1.82, 2.24) is 0 Å². The molecule has 0 N–H and O–H groups in total. The van der Waals surface area contributed by atoms with Crippen molar-refractivity contribution < 1.29 is 13.9 Å². The van der Waals surface area contributed by atoms with Crippen LogP contribution >= 0.6 is 11.8 Å². The molecule has 1 aromatic heterocycles. The van der Waals surface area contributed by atoms with Gasteiger partial charge in [-0.15, -0.1) is 11.8 Å². The Balaban J connectivity index is 2.04. The molecule has 0 atom stereocenters. The van der Waals surface area contributed by atoms with Crippen LogP contribution in [0, 0.1) is 13.8 Å². The predicted octanol–water partition coefficient (Wildman–Crippen LogP) is 3.98. The van der Waals surface area contributed by atoms with E-state index in [4.69, 9.17) is 4.42 Å². The van der Waals surface area contributed by atoms with Gasteiger partial charge in [0, 0.05) is 10.5 Å². The molecule has 0 radical (unpaired) electrons. The van der Waals surface area contributed by atoms with Crippen molar-refractivity contribution in [2.24, 2.45) is 0 Å². The molecule has 0 aliphatic heterocycles. The van der Waals surface area contributed by atoms with Crippen LogP contribution in [0.1, 0.15) is 27.4 Å². The Morgan fingerprint density at radius 2 is 1.95 bits per heavy atom. The van der Waals surface area contributed by atoms with Gasteiger partial charge in [-0.25, -0.2) is 4.79 Å². The summed E-state index contributed by atoms with van der Waals surface area (Å²) >= 11 is 1.68. The lowest BCUT2D eigenvalue weighted by Gasteiger charge is -2.00. The third-order valence-electron chi connectivity index (χ3n) is 2.74. The second-order valence-corrected chi connectivity index (χ2v) is 5.37. The fourth-order valence-electron chi connectivity index (χ4n) is 1.70. The highest BCUT2D eigenvalue weighted by atomic mass is 32.2. The monoisotopic (exact) mass is 276 g/mol. The van der Waals surface area contributed by atoms with E-state index in [2.05, 4.69) is 35.9 Å². The molecule has 100 valence electrons. The van der Waals surface area contributed by atoms with E-state index in [0.29, 0.717) is 11.5 Å². The molecule has 0 amide bonds. The van der Waals surface area contributed by atoms with E-state index in [1.165, 1.54) is 17.6 Å². The maximum atomic E-state index is 11.4. The Morgan fingerprint density at radius 1 is 1.26 bits per heavy atom. The Labute approximate surface area is 117 Å². The molecule has 0 bridgehead atoms. The largest absolute Gasteiger partial charge is 0.463 e. The third-order valence-corrected chi connectivity index (χ3v) is 3.78. The summed E-state index contributed by atoms with van der Waals surface area (Å²) in [4.78, 5) is 12.6. The van der Waals surface area contributed by atoms with Crippen LogP contribution < -0.4 is 0 Å². The van der Waals surface area contributed by atoms with E-state index in [1.54, 1.807) is 11.8 Å². The summed E-state index contributed by atoms with van der Waals surface area (Å²) in [6.45, 7) is 3.91. The smallest absolute Gasteiger partial charge is 0.374 e. The topological polar surface area (TPSA) is 39.4 Å². The maximum Gasteiger partial charge on any atom is 0.374 e. The van der Waals surface area contributed by atoms with Crippen molar-refractivity contribution in [3.8, 4) is 0 Å². The first-order valence-electron chi connectivity index (χ1n) is 5.97. The molecule has 0 unspecified atom stereocenters. The molecule has 0 saturated carbocycles. The number of thioether (sulfide) groups is 1. The van der Waals surface area contributed by atoms with Gasteiger partial charge in [0.2, 0.25) is 5.76 Å². The fraction of sp³-hybridized carbons (Fsp3) is 0.267. The van der Waals surface area contributed by atoms with Crippen LogP contribution in [0.25, 0.3) is 0 Å². The normalized spacial score (nSPS) is 10.5. The zero-order valence-electron chi connectivity index (χ0n) is 11.2. The number of hydrogen-bond acceptors (Lipinski definition) is 4. The Hall–Kier alpha value is -1.68. The molecule has 0 aliphatic rings. The minimum atomic E-state index is -0.427. The SMILES string of the molecule is COC(=O)c1oc(CSc2ccc(C)cc2)cc1C. The molecule has 3 nitrogen and oxygen atoms in total. The number of furan rings is 1. The van der Waals surface area contributed by atoms with Crippen LogP contribution in [-0.2, 0) is 10.5 Å². The van der Waals surface area contributed by atoms with E-state index >= 15 is 0 Å². The standard InChI is InChI=1S/C15H16O3S/c1-10-4-6-13(7-5-10)19-9-12-8-11(2)14(18-12)15(16)17-3/h4-8H,9H2,1-3H3. The number of methoxy groups -OCH3 is 1. The molecule has 19 heavy (non-hydrogen) atoms. The molecular weight excluding hydrogens is 260 g/mol. The van der Waals surface area contributed by atoms with Crippen molar-refractivity contribution in [3.63, 3.8) is 0 Å². The molecular formula is C15H16O3S. The van der Waals surface area contributed by atoms with Crippen LogP contribution in [0.2, 0.25) is 0 Å². The fourth-order valence-corrected chi connectivity index (χ4v) is 2.48. The number of ether oxygens (including phenoxy) is 1. The van der Waals surface area contributed by atoms with Crippen molar-refractivity contribution >= 4 is 17.7 Å². The number of rotatable bonds is 4. The number of carbonyl (C=O) groups is 1. The number of aryl methyl sites for hydroxylation is 2. The van der Waals surface area contributed by atoms with Gasteiger partial charge in [-0.2, -0.15) is 0 Å². The zero-order chi connectivity index (χ0) is 13.8. The molecule has 0 saturated heterocycles. The lowest BCUT2D eigenvalue weighted by molar-refractivity contribution is 0.0562. The van der Waals surface area contributed by atoms with Crippen LogP contribution in [0.15, 0.2) is 39.6 Å². The summed E-state index contributed by atoms with van der Waals surface area (Å²) in [5.41, 5.74) is 2.05. The molecule has 0 fully saturated rings. The van der Waals surface area contributed by atoms with Crippen molar-refractivity contribution in [1.29, 1.82) is 0 Å². The summed E-state index contributed by atoms with van der Waals surface area (Å²) in [5.74, 6) is 1.34. The predicted molar refractivity (Wildman–Crippen MR) is 75.5 cm³/mol. The Morgan fingerprint density at radius 3 is 2.58 bits per heavy atom. The van der Waals surface area contributed by atoms with Gasteiger partial charge < -0.3 is 9.15 Å². The number of carbonyl (C=O) groups excluding carboxylic acids is 1. The summed E-state index contributed by atoms with van der Waals surface area (Å²) < 4.78 is 10.2. The molecule has 2 rings (SSSR count). The molecule has 0 spiro atoms. The van der Waals surface area contributed by atoms with Gasteiger partial charge in [-0.3, -0.25) is 0 Å². The average molecular weight is 276 g/mol. The van der Waals surface area contributed by atoms with Gasteiger partial charge in [0.1, 0.15) is 5.76 Å². The maximum absolute atomic E-state index is 11.4.